The van der Waals surface area contributed by atoms with Crippen LogP contribution in [0.15, 0.2) is 18.2 Å². The number of nitrogens with zero attached hydrogens (tertiary/aromatic N) is 1. The maximum atomic E-state index is 13.2. The molecule has 5 nitrogen and oxygen atoms in total. The first-order chi connectivity index (χ1) is 12.2. The van der Waals surface area contributed by atoms with Crippen LogP contribution in [0.3, 0.4) is 0 Å². The number of nitrogens with one attached hydrogen (secondary N) is 1. The van der Waals surface area contributed by atoms with Gasteiger partial charge in [-0.05, 0) is 62.7 Å². The van der Waals surface area contributed by atoms with E-state index in [1.807, 2.05) is 12.1 Å². The predicted octanol–water partition coefficient (Wildman–Crippen LogP) is 2.76. The third-order valence-electron chi connectivity index (χ3n) is 6.42. The Bertz CT molecular complexity index is 654. The number of likely N-dealkylation sites (tertiary alicyclic amines) is 1. The van der Waals surface area contributed by atoms with E-state index in [1.165, 1.54) is 0 Å². The summed E-state index contributed by atoms with van der Waals surface area (Å²) < 4.78 is 10.9. The molecule has 1 aromatic rings. The van der Waals surface area contributed by atoms with Gasteiger partial charge in [-0.1, -0.05) is 0 Å². The number of carbonyl (C=O) groups is 1. The van der Waals surface area contributed by atoms with Crippen LogP contribution in [0.2, 0.25) is 0 Å². The van der Waals surface area contributed by atoms with Crippen molar-refractivity contribution in [1.82, 2.24) is 10.2 Å². The summed E-state index contributed by atoms with van der Waals surface area (Å²) in [5.41, 5.74) is 1.40. The maximum absolute atomic E-state index is 13.2. The van der Waals surface area contributed by atoms with Gasteiger partial charge in [0.2, 0.25) is 5.91 Å². The second-order valence-electron chi connectivity index (χ2n) is 7.67. The molecule has 1 aliphatic carbocycles. The Balaban J connectivity index is 1.54. The van der Waals surface area contributed by atoms with Crippen LogP contribution >= 0.6 is 0 Å². The lowest BCUT2D eigenvalue weighted by molar-refractivity contribution is -0.134. The number of hydrogen-bond donors (Lipinski definition) is 1. The van der Waals surface area contributed by atoms with Crippen molar-refractivity contribution in [3.05, 3.63) is 23.8 Å². The van der Waals surface area contributed by atoms with Crippen molar-refractivity contribution < 1.29 is 14.3 Å². The molecule has 2 saturated heterocycles. The summed E-state index contributed by atoms with van der Waals surface area (Å²) in [6, 6.07) is 6.07. The highest BCUT2D eigenvalue weighted by Crippen LogP contribution is 2.60. The zero-order valence-corrected chi connectivity index (χ0v) is 15.2. The SMILES string of the molecule is COc1ccc(C2CCCN2C(=O)C2CC23CCNCC3)c(OC)c1. The van der Waals surface area contributed by atoms with Crippen molar-refractivity contribution in [1.29, 1.82) is 0 Å². The molecule has 1 aromatic carbocycles. The molecule has 0 radical (unpaired) electrons. The van der Waals surface area contributed by atoms with Gasteiger partial charge in [0.15, 0.2) is 0 Å². The molecule has 5 heteroatoms. The quantitative estimate of drug-likeness (QED) is 0.912. The number of amides is 1. The highest BCUT2D eigenvalue weighted by molar-refractivity contribution is 5.83. The van der Waals surface area contributed by atoms with Gasteiger partial charge in [0.1, 0.15) is 11.5 Å². The number of methoxy groups -OCH3 is 2. The second kappa shape index (κ2) is 6.52. The fraction of sp³-hybridized carbons (Fsp3) is 0.650. The third kappa shape index (κ3) is 2.88. The molecule has 1 spiro atoms. The van der Waals surface area contributed by atoms with Gasteiger partial charge in [0.25, 0.3) is 0 Å². The van der Waals surface area contributed by atoms with Gasteiger partial charge in [0.05, 0.1) is 20.3 Å². The van der Waals surface area contributed by atoms with Gasteiger partial charge >= 0.3 is 0 Å². The first-order valence-corrected chi connectivity index (χ1v) is 9.42. The van der Waals surface area contributed by atoms with E-state index in [-0.39, 0.29) is 12.0 Å². The van der Waals surface area contributed by atoms with Crippen LogP contribution < -0.4 is 14.8 Å². The lowest BCUT2D eigenvalue weighted by Gasteiger charge is -2.29. The van der Waals surface area contributed by atoms with E-state index >= 15 is 0 Å². The highest BCUT2D eigenvalue weighted by Gasteiger charge is 2.59. The maximum Gasteiger partial charge on any atom is 0.226 e. The first kappa shape index (κ1) is 16.7. The van der Waals surface area contributed by atoms with E-state index in [0.29, 0.717) is 11.3 Å². The van der Waals surface area contributed by atoms with Crippen LogP contribution in [0.25, 0.3) is 0 Å². The number of rotatable bonds is 4. The third-order valence-corrected chi connectivity index (χ3v) is 6.42. The van der Waals surface area contributed by atoms with Crippen LogP contribution in [-0.2, 0) is 4.79 Å². The molecule has 3 aliphatic rings. The number of hydrogen-bond acceptors (Lipinski definition) is 4. The summed E-state index contributed by atoms with van der Waals surface area (Å²) in [7, 11) is 3.34. The van der Waals surface area contributed by atoms with Crippen molar-refractivity contribution in [3.63, 3.8) is 0 Å². The number of carbonyl (C=O) groups excluding carboxylic acids is 1. The van der Waals surface area contributed by atoms with Gasteiger partial charge in [-0.15, -0.1) is 0 Å². The molecule has 0 bridgehead atoms. The standard InChI is InChI=1S/C20H28N2O3/c1-24-14-5-6-15(18(12-14)25-2)17-4-3-11-22(17)19(23)16-13-20(16)7-9-21-10-8-20/h5-6,12,16-17,21H,3-4,7-11,13H2,1-2H3. The fourth-order valence-corrected chi connectivity index (χ4v) is 4.82. The Kier molecular flexibility index (Phi) is 4.36. The molecule has 4 rings (SSSR count). The topological polar surface area (TPSA) is 50.8 Å². The summed E-state index contributed by atoms with van der Waals surface area (Å²) in [5, 5.41) is 3.42. The van der Waals surface area contributed by atoms with Crippen molar-refractivity contribution in [2.75, 3.05) is 33.9 Å². The summed E-state index contributed by atoms with van der Waals surface area (Å²) in [6.45, 7) is 2.97. The lowest BCUT2D eigenvalue weighted by Crippen LogP contribution is -2.36. The predicted molar refractivity (Wildman–Crippen MR) is 95.9 cm³/mol. The Morgan fingerprint density at radius 2 is 2.04 bits per heavy atom. The number of ether oxygens (including phenoxy) is 2. The molecule has 1 saturated carbocycles. The van der Waals surface area contributed by atoms with E-state index in [0.717, 1.165) is 68.8 Å². The minimum absolute atomic E-state index is 0.132. The molecule has 25 heavy (non-hydrogen) atoms. The molecule has 2 aliphatic heterocycles. The molecule has 136 valence electrons. The van der Waals surface area contributed by atoms with E-state index in [2.05, 4.69) is 16.3 Å². The van der Waals surface area contributed by atoms with Gasteiger partial charge in [0, 0.05) is 24.1 Å². The molecule has 1 amide bonds. The lowest BCUT2D eigenvalue weighted by atomic mass is 9.91. The average Bonchev–Trinajstić information content (AvgIpc) is 3.12. The number of piperidine rings is 1. The van der Waals surface area contributed by atoms with Crippen LogP contribution in [0.5, 0.6) is 11.5 Å². The minimum Gasteiger partial charge on any atom is -0.497 e. The molecular weight excluding hydrogens is 316 g/mol. The van der Waals surface area contributed by atoms with E-state index in [9.17, 15) is 4.79 Å². The van der Waals surface area contributed by atoms with Crippen LogP contribution in [0.4, 0.5) is 0 Å². The van der Waals surface area contributed by atoms with E-state index in [1.54, 1.807) is 14.2 Å². The molecule has 2 atom stereocenters. The zero-order valence-electron chi connectivity index (χ0n) is 15.2. The summed E-state index contributed by atoms with van der Waals surface area (Å²) in [5.74, 6) is 2.20. The van der Waals surface area contributed by atoms with Gasteiger partial charge < -0.3 is 19.7 Å². The van der Waals surface area contributed by atoms with Gasteiger partial charge in [-0.25, -0.2) is 0 Å². The van der Waals surface area contributed by atoms with Gasteiger partial charge in [-0.2, -0.15) is 0 Å². The van der Waals surface area contributed by atoms with Crippen LogP contribution in [-0.4, -0.2) is 44.7 Å². The van der Waals surface area contributed by atoms with Crippen molar-refractivity contribution in [2.45, 2.75) is 38.1 Å². The Labute approximate surface area is 149 Å². The molecule has 0 aromatic heterocycles. The molecular formula is C20H28N2O3. The first-order valence-electron chi connectivity index (χ1n) is 9.42. The molecule has 1 N–H and O–H groups in total. The van der Waals surface area contributed by atoms with Crippen molar-refractivity contribution in [2.24, 2.45) is 11.3 Å². The normalized spacial score (nSPS) is 27.4. The van der Waals surface area contributed by atoms with Crippen molar-refractivity contribution in [3.8, 4) is 11.5 Å². The Morgan fingerprint density at radius 1 is 1.24 bits per heavy atom. The summed E-state index contributed by atoms with van der Waals surface area (Å²) in [6.07, 6.45) is 5.45. The largest absolute Gasteiger partial charge is 0.497 e. The Morgan fingerprint density at radius 3 is 2.76 bits per heavy atom. The Hall–Kier alpha value is -1.75. The second-order valence-corrected chi connectivity index (χ2v) is 7.67. The monoisotopic (exact) mass is 344 g/mol. The summed E-state index contributed by atoms with van der Waals surface area (Å²) >= 11 is 0. The smallest absolute Gasteiger partial charge is 0.226 e. The molecule has 2 heterocycles. The van der Waals surface area contributed by atoms with Crippen molar-refractivity contribution >= 4 is 5.91 Å². The molecule has 3 fully saturated rings. The van der Waals surface area contributed by atoms with E-state index < -0.39 is 0 Å². The van der Waals surface area contributed by atoms with E-state index in [4.69, 9.17) is 9.47 Å². The van der Waals surface area contributed by atoms with Crippen LogP contribution in [0.1, 0.15) is 43.7 Å². The minimum atomic E-state index is 0.132. The van der Waals surface area contributed by atoms with Gasteiger partial charge in [-0.3, -0.25) is 4.79 Å². The average molecular weight is 344 g/mol. The molecule has 2 unspecified atom stereocenters. The fourth-order valence-electron chi connectivity index (χ4n) is 4.82. The summed E-state index contributed by atoms with van der Waals surface area (Å²) in [4.78, 5) is 15.3. The number of benzene rings is 1. The highest BCUT2D eigenvalue weighted by atomic mass is 16.5. The zero-order chi connectivity index (χ0) is 17.4. The van der Waals surface area contributed by atoms with Crippen LogP contribution in [0, 0.1) is 11.3 Å².